The Hall–Kier alpha value is -2.63. The summed E-state index contributed by atoms with van der Waals surface area (Å²) in [5, 5.41) is 8.77. The lowest BCUT2D eigenvalue weighted by molar-refractivity contribution is -0.143. The normalized spacial score (nSPS) is 12.3. The molecule has 0 spiro atoms. The minimum atomic E-state index is -0.675. The fourth-order valence-electron chi connectivity index (χ4n) is 2.14. The van der Waals surface area contributed by atoms with Gasteiger partial charge in [0, 0.05) is 11.6 Å². The topological polar surface area (TPSA) is 65.2 Å². The van der Waals surface area contributed by atoms with Gasteiger partial charge in [0.15, 0.2) is 6.10 Å². The molecule has 2 aromatic carbocycles. The van der Waals surface area contributed by atoms with Crippen molar-refractivity contribution in [1.82, 2.24) is 10.2 Å². The summed E-state index contributed by atoms with van der Waals surface area (Å²) >= 11 is 11.8. The highest BCUT2D eigenvalue weighted by Crippen LogP contribution is 2.24. The van der Waals surface area contributed by atoms with Crippen LogP contribution in [-0.2, 0) is 9.53 Å². The van der Waals surface area contributed by atoms with Gasteiger partial charge in [0.25, 0.3) is 5.89 Å². The summed E-state index contributed by atoms with van der Waals surface area (Å²) < 4.78 is 10.8. The van der Waals surface area contributed by atoms with Crippen molar-refractivity contribution < 1.29 is 13.9 Å². The van der Waals surface area contributed by atoms with Crippen LogP contribution in [0.15, 0.2) is 59.0 Å². The SMILES string of the molecule is CC(OC(=O)/C=C/c1ccc(Cl)c(Cl)c1)c1nnc(-c2ccccc2)o1. The molecular formula is C19H14Cl2N2O3. The summed E-state index contributed by atoms with van der Waals surface area (Å²) in [7, 11) is 0. The predicted molar refractivity (Wildman–Crippen MR) is 99.7 cm³/mol. The van der Waals surface area contributed by atoms with Crippen molar-refractivity contribution in [2.75, 3.05) is 0 Å². The molecule has 1 atom stereocenters. The molecule has 0 amide bonds. The molecule has 0 saturated heterocycles. The molecule has 7 heteroatoms. The number of nitrogens with zero attached hydrogens (tertiary/aromatic N) is 2. The van der Waals surface area contributed by atoms with Gasteiger partial charge in [-0.3, -0.25) is 0 Å². The Morgan fingerprint density at radius 1 is 1.12 bits per heavy atom. The van der Waals surface area contributed by atoms with Gasteiger partial charge in [-0.25, -0.2) is 4.79 Å². The number of ether oxygens (including phenoxy) is 1. The number of esters is 1. The van der Waals surface area contributed by atoms with Gasteiger partial charge >= 0.3 is 5.97 Å². The van der Waals surface area contributed by atoms with E-state index in [9.17, 15) is 4.79 Å². The first-order valence-corrected chi connectivity index (χ1v) is 8.51. The molecule has 1 heterocycles. The first kappa shape index (κ1) is 18.2. The zero-order valence-corrected chi connectivity index (χ0v) is 15.2. The van der Waals surface area contributed by atoms with Crippen molar-refractivity contribution in [2.24, 2.45) is 0 Å². The highest BCUT2D eigenvalue weighted by molar-refractivity contribution is 6.42. The molecule has 0 bridgehead atoms. The molecule has 0 N–H and O–H groups in total. The summed E-state index contributed by atoms with van der Waals surface area (Å²) in [5.74, 6) is 0.0537. The average Bonchev–Trinajstić information content (AvgIpc) is 3.14. The smallest absolute Gasteiger partial charge is 0.331 e. The van der Waals surface area contributed by atoms with E-state index in [2.05, 4.69) is 10.2 Å². The summed E-state index contributed by atoms with van der Waals surface area (Å²) in [5.41, 5.74) is 1.53. The molecule has 0 fully saturated rings. The molecule has 0 saturated carbocycles. The Kier molecular flexibility index (Phi) is 5.71. The molecule has 5 nitrogen and oxygen atoms in total. The lowest BCUT2D eigenvalue weighted by Crippen LogP contribution is -2.06. The van der Waals surface area contributed by atoms with E-state index in [1.165, 1.54) is 6.08 Å². The van der Waals surface area contributed by atoms with Gasteiger partial charge in [0.05, 0.1) is 10.0 Å². The Labute approximate surface area is 160 Å². The van der Waals surface area contributed by atoms with Crippen LogP contribution in [0.4, 0.5) is 0 Å². The lowest BCUT2D eigenvalue weighted by atomic mass is 10.2. The van der Waals surface area contributed by atoms with Crippen molar-refractivity contribution in [3.8, 4) is 11.5 Å². The molecule has 132 valence electrons. The number of halogens is 2. The van der Waals surface area contributed by atoms with Gasteiger partial charge in [-0.15, -0.1) is 10.2 Å². The van der Waals surface area contributed by atoms with Crippen LogP contribution in [0.2, 0.25) is 10.0 Å². The third-order valence-corrected chi connectivity index (χ3v) is 4.20. The molecule has 26 heavy (non-hydrogen) atoms. The highest BCUT2D eigenvalue weighted by atomic mass is 35.5. The maximum absolute atomic E-state index is 12.0. The second-order valence-electron chi connectivity index (χ2n) is 5.40. The van der Waals surface area contributed by atoms with Crippen LogP contribution in [0.3, 0.4) is 0 Å². The summed E-state index contributed by atoms with van der Waals surface area (Å²) in [6.45, 7) is 1.66. The van der Waals surface area contributed by atoms with Crippen LogP contribution >= 0.6 is 23.2 Å². The predicted octanol–water partition coefficient (Wildman–Crippen LogP) is 5.36. The minimum absolute atomic E-state index is 0.222. The van der Waals surface area contributed by atoms with E-state index in [0.29, 0.717) is 15.9 Å². The fourth-order valence-corrected chi connectivity index (χ4v) is 2.45. The summed E-state index contributed by atoms with van der Waals surface area (Å²) in [6.07, 6.45) is 2.20. The van der Waals surface area contributed by atoms with Crippen molar-refractivity contribution >= 4 is 35.2 Å². The second-order valence-corrected chi connectivity index (χ2v) is 6.21. The number of carbonyl (C=O) groups is 1. The quantitative estimate of drug-likeness (QED) is 0.434. The van der Waals surface area contributed by atoms with Crippen molar-refractivity contribution in [3.63, 3.8) is 0 Å². The maximum Gasteiger partial charge on any atom is 0.331 e. The third-order valence-electron chi connectivity index (χ3n) is 3.46. The second kappa shape index (κ2) is 8.17. The number of hydrogen-bond donors (Lipinski definition) is 0. The molecule has 0 radical (unpaired) electrons. The van der Waals surface area contributed by atoms with Crippen LogP contribution in [0.5, 0.6) is 0 Å². The third kappa shape index (κ3) is 4.50. The minimum Gasteiger partial charge on any atom is -0.449 e. The average molecular weight is 389 g/mol. The summed E-state index contributed by atoms with van der Waals surface area (Å²) in [6, 6.07) is 14.4. The van der Waals surface area contributed by atoms with Crippen LogP contribution in [0, 0.1) is 0 Å². The van der Waals surface area contributed by atoms with Crippen LogP contribution in [0.25, 0.3) is 17.5 Å². The van der Waals surface area contributed by atoms with E-state index in [1.54, 1.807) is 31.2 Å². The number of carbonyl (C=O) groups excluding carboxylic acids is 1. The Balaban J connectivity index is 1.63. The van der Waals surface area contributed by atoms with Crippen LogP contribution in [-0.4, -0.2) is 16.2 Å². The number of aromatic nitrogens is 2. The van der Waals surface area contributed by atoms with Gasteiger partial charge in [-0.05, 0) is 42.8 Å². The van der Waals surface area contributed by atoms with Crippen molar-refractivity contribution in [3.05, 3.63) is 76.1 Å². The van der Waals surface area contributed by atoms with E-state index in [-0.39, 0.29) is 5.89 Å². The molecule has 1 aromatic heterocycles. The zero-order chi connectivity index (χ0) is 18.5. The number of rotatable bonds is 5. The van der Waals surface area contributed by atoms with E-state index in [0.717, 1.165) is 11.1 Å². The van der Waals surface area contributed by atoms with Crippen molar-refractivity contribution in [1.29, 1.82) is 0 Å². The number of benzene rings is 2. The molecule has 0 aliphatic rings. The molecule has 0 aliphatic carbocycles. The Bertz CT molecular complexity index is 939. The Morgan fingerprint density at radius 2 is 1.88 bits per heavy atom. The molecule has 3 rings (SSSR count). The molecule has 1 unspecified atom stereocenters. The van der Waals surface area contributed by atoms with Crippen LogP contribution < -0.4 is 0 Å². The first-order valence-electron chi connectivity index (χ1n) is 7.75. The van der Waals surface area contributed by atoms with E-state index >= 15 is 0 Å². The van der Waals surface area contributed by atoms with E-state index in [4.69, 9.17) is 32.4 Å². The van der Waals surface area contributed by atoms with Gasteiger partial charge in [-0.2, -0.15) is 0 Å². The van der Waals surface area contributed by atoms with Gasteiger partial charge < -0.3 is 9.15 Å². The van der Waals surface area contributed by atoms with E-state index < -0.39 is 12.1 Å². The molecule has 0 aliphatic heterocycles. The maximum atomic E-state index is 12.0. The largest absolute Gasteiger partial charge is 0.449 e. The summed E-state index contributed by atoms with van der Waals surface area (Å²) in [4.78, 5) is 12.0. The standard InChI is InChI=1S/C19H14Cl2N2O3/c1-12(18-22-23-19(26-18)14-5-3-2-4-6-14)25-17(24)10-8-13-7-9-15(20)16(21)11-13/h2-12H,1H3/b10-8+. The number of hydrogen-bond acceptors (Lipinski definition) is 5. The van der Waals surface area contributed by atoms with Gasteiger partial charge in [-0.1, -0.05) is 47.5 Å². The van der Waals surface area contributed by atoms with Gasteiger partial charge in [0.1, 0.15) is 0 Å². The highest BCUT2D eigenvalue weighted by Gasteiger charge is 2.17. The monoisotopic (exact) mass is 388 g/mol. The molecule has 3 aromatic rings. The Morgan fingerprint density at radius 3 is 2.62 bits per heavy atom. The fraction of sp³-hybridized carbons (Fsp3) is 0.105. The lowest BCUT2D eigenvalue weighted by Gasteiger charge is -2.06. The van der Waals surface area contributed by atoms with Gasteiger partial charge in [0.2, 0.25) is 5.89 Å². The first-order chi connectivity index (χ1) is 12.5. The van der Waals surface area contributed by atoms with Crippen molar-refractivity contribution in [2.45, 2.75) is 13.0 Å². The molecular weight excluding hydrogens is 375 g/mol. The van der Waals surface area contributed by atoms with Crippen LogP contribution in [0.1, 0.15) is 24.5 Å². The zero-order valence-electron chi connectivity index (χ0n) is 13.7. The van der Waals surface area contributed by atoms with E-state index in [1.807, 2.05) is 30.3 Å².